The molecule has 0 aliphatic rings. The van der Waals surface area contributed by atoms with E-state index in [0.29, 0.717) is 6.42 Å². The van der Waals surface area contributed by atoms with Crippen LogP contribution in [-0.2, 0) is 12.8 Å². The van der Waals surface area contributed by atoms with Crippen molar-refractivity contribution >= 4 is 21.6 Å². The van der Waals surface area contributed by atoms with Gasteiger partial charge in [-0.3, -0.25) is 0 Å². The second kappa shape index (κ2) is 6.37. The molecule has 1 atom stereocenters. The fourth-order valence-electron chi connectivity index (χ4n) is 2.51. The Morgan fingerprint density at radius 3 is 2.81 bits per heavy atom. The van der Waals surface area contributed by atoms with Crippen LogP contribution in [0.1, 0.15) is 22.6 Å². The highest BCUT2D eigenvalue weighted by Crippen LogP contribution is 2.23. The monoisotopic (exact) mass is 297 g/mol. The van der Waals surface area contributed by atoms with Gasteiger partial charge in [-0.2, -0.15) is 0 Å². The number of hydrogen-bond acceptors (Lipinski definition) is 3. The highest BCUT2D eigenvalue weighted by Gasteiger charge is 2.10. The minimum atomic E-state index is -0.328. The predicted molar refractivity (Wildman–Crippen MR) is 88.8 cm³/mol. The SMILES string of the molecule is Cc1cccc(CCC(O)Cc2nc3ccccc3s2)c1. The van der Waals surface area contributed by atoms with Gasteiger partial charge in [0.05, 0.1) is 21.3 Å². The number of hydrogen-bond donors (Lipinski definition) is 1. The lowest BCUT2D eigenvalue weighted by molar-refractivity contribution is 0.165. The highest BCUT2D eigenvalue weighted by molar-refractivity contribution is 7.18. The molecule has 3 rings (SSSR count). The van der Waals surface area contributed by atoms with Gasteiger partial charge in [0.25, 0.3) is 0 Å². The first-order chi connectivity index (χ1) is 10.2. The van der Waals surface area contributed by atoms with E-state index in [1.807, 2.05) is 18.2 Å². The standard InChI is InChI=1S/C18H19NOS/c1-13-5-4-6-14(11-13)9-10-15(20)12-18-19-16-7-2-3-8-17(16)21-18/h2-8,11,15,20H,9-10,12H2,1H3. The van der Waals surface area contributed by atoms with Crippen LogP contribution in [0, 0.1) is 6.92 Å². The molecule has 0 amide bonds. The van der Waals surface area contributed by atoms with Gasteiger partial charge in [0, 0.05) is 6.42 Å². The Morgan fingerprint density at radius 1 is 1.14 bits per heavy atom. The zero-order valence-corrected chi connectivity index (χ0v) is 12.9. The number of benzene rings is 2. The van der Waals surface area contributed by atoms with Crippen LogP contribution in [0.25, 0.3) is 10.2 Å². The van der Waals surface area contributed by atoms with Crippen LogP contribution in [0.15, 0.2) is 48.5 Å². The van der Waals surface area contributed by atoms with Gasteiger partial charge >= 0.3 is 0 Å². The van der Waals surface area contributed by atoms with Crippen LogP contribution in [0.4, 0.5) is 0 Å². The van der Waals surface area contributed by atoms with Crippen molar-refractivity contribution in [1.29, 1.82) is 0 Å². The summed E-state index contributed by atoms with van der Waals surface area (Å²) in [7, 11) is 0. The number of aliphatic hydroxyl groups excluding tert-OH is 1. The van der Waals surface area contributed by atoms with Gasteiger partial charge in [0.2, 0.25) is 0 Å². The molecule has 0 spiro atoms. The maximum absolute atomic E-state index is 10.2. The summed E-state index contributed by atoms with van der Waals surface area (Å²) in [6.45, 7) is 2.10. The lowest BCUT2D eigenvalue weighted by atomic mass is 10.0. The van der Waals surface area contributed by atoms with Crippen molar-refractivity contribution in [2.45, 2.75) is 32.3 Å². The Bertz CT molecular complexity index is 702. The molecule has 0 aliphatic heterocycles. The average molecular weight is 297 g/mol. The van der Waals surface area contributed by atoms with Gasteiger partial charge in [-0.15, -0.1) is 11.3 Å². The third-order valence-corrected chi connectivity index (χ3v) is 4.66. The maximum Gasteiger partial charge on any atom is 0.0964 e. The molecule has 0 saturated carbocycles. The zero-order valence-electron chi connectivity index (χ0n) is 12.1. The first kappa shape index (κ1) is 14.2. The number of fused-ring (bicyclic) bond motifs is 1. The summed E-state index contributed by atoms with van der Waals surface area (Å²) in [5.41, 5.74) is 3.59. The van der Waals surface area contributed by atoms with Crippen molar-refractivity contribution in [2.24, 2.45) is 0 Å². The third kappa shape index (κ3) is 3.69. The minimum absolute atomic E-state index is 0.328. The second-order valence-corrected chi connectivity index (χ2v) is 6.58. The number of aryl methyl sites for hydroxylation is 2. The summed E-state index contributed by atoms with van der Waals surface area (Å²) in [4.78, 5) is 4.58. The van der Waals surface area contributed by atoms with Crippen molar-refractivity contribution < 1.29 is 5.11 Å². The molecule has 0 radical (unpaired) electrons. The van der Waals surface area contributed by atoms with E-state index in [0.717, 1.165) is 23.4 Å². The number of aliphatic hydroxyl groups is 1. The van der Waals surface area contributed by atoms with Gasteiger partial charge in [-0.1, -0.05) is 42.0 Å². The maximum atomic E-state index is 10.2. The molecule has 0 saturated heterocycles. The molecule has 21 heavy (non-hydrogen) atoms. The van der Waals surface area contributed by atoms with Crippen LogP contribution in [0.3, 0.4) is 0 Å². The Balaban J connectivity index is 1.59. The van der Waals surface area contributed by atoms with Gasteiger partial charge in [0.15, 0.2) is 0 Å². The van der Waals surface area contributed by atoms with E-state index in [1.165, 1.54) is 15.8 Å². The molecule has 1 unspecified atom stereocenters. The Morgan fingerprint density at radius 2 is 2.00 bits per heavy atom. The van der Waals surface area contributed by atoms with Crippen LogP contribution >= 0.6 is 11.3 Å². The minimum Gasteiger partial charge on any atom is -0.393 e. The Labute approximate surface area is 129 Å². The number of para-hydroxylation sites is 1. The summed E-state index contributed by atoms with van der Waals surface area (Å²) in [6.07, 6.45) is 2.00. The molecule has 0 aliphatic carbocycles. The highest BCUT2D eigenvalue weighted by atomic mass is 32.1. The smallest absolute Gasteiger partial charge is 0.0964 e. The lowest BCUT2D eigenvalue weighted by Crippen LogP contribution is -2.11. The topological polar surface area (TPSA) is 33.1 Å². The van der Waals surface area contributed by atoms with E-state index in [9.17, 15) is 5.11 Å². The van der Waals surface area contributed by atoms with E-state index in [1.54, 1.807) is 11.3 Å². The molecular formula is C18H19NOS. The van der Waals surface area contributed by atoms with Crippen molar-refractivity contribution in [3.05, 3.63) is 64.7 Å². The molecule has 0 bridgehead atoms. The van der Waals surface area contributed by atoms with E-state index in [4.69, 9.17) is 0 Å². The lowest BCUT2D eigenvalue weighted by Gasteiger charge is -2.09. The molecule has 1 aromatic heterocycles. The summed E-state index contributed by atoms with van der Waals surface area (Å²) >= 11 is 1.68. The van der Waals surface area contributed by atoms with Gasteiger partial charge in [-0.05, 0) is 37.5 Å². The molecule has 2 aromatic carbocycles. The van der Waals surface area contributed by atoms with Gasteiger partial charge in [-0.25, -0.2) is 4.98 Å². The fourth-order valence-corrected chi connectivity index (χ4v) is 3.55. The number of aromatic nitrogens is 1. The molecule has 1 N–H and O–H groups in total. The van der Waals surface area contributed by atoms with E-state index in [-0.39, 0.29) is 6.10 Å². The summed E-state index contributed by atoms with van der Waals surface area (Å²) in [6, 6.07) is 16.6. The quantitative estimate of drug-likeness (QED) is 0.767. The number of rotatable bonds is 5. The molecule has 1 heterocycles. The van der Waals surface area contributed by atoms with Crippen LogP contribution in [-0.4, -0.2) is 16.2 Å². The van der Waals surface area contributed by atoms with Crippen LogP contribution in [0.2, 0.25) is 0 Å². The number of nitrogens with zero attached hydrogens (tertiary/aromatic N) is 1. The summed E-state index contributed by atoms with van der Waals surface area (Å²) in [5.74, 6) is 0. The van der Waals surface area contributed by atoms with Crippen molar-refractivity contribution in [2.75, 3.05) is 0 Å². The van der Waals surface area contributed by atoms with Gasteiger partial charge in [0.1, 0.15) is 0 Å². The summed E-state index contributed by atoms with van der Waals surface area (Å²) in [5, 5.41) is 11.2. The van der Waals surface area contributed by atoms with Gasteiger partial charge < -0.3 is 5.11 Å². The first-order valence-corrected chi connectivity index (χ1v) is 8.10. The van der Waals surface area contributed by atoms with Crippen molar-refractivity contribution in [3.8, 4) is 0 Å². The van der Waals surface area contributed by atoms with Crippen LogP contribution < -0.4 is 0 Å². The Kier molecular flexibility index (Phi) is 4.32. The average Bonchev–Trinajstić information content (AvgIpc) is 2.87. The third-order valence-electron chi connectivity index (χ3n) is 3.60. The normalized spacial score (nSPS) is 12.7. The molecule has 3 aromatic rings. The largest absolute Gasteiger partial charge is 0.393 e. The van der Waals surface area contributed by atoms with E-state index >= 15 is 0 Å². The first-order valence-electron chi connectivity index (χ1n) is 7.29. The van der Waals surface area contributed by atoms with Crippen molar-refractivity contribution in [3.63, 3.8) is 0 Å². The van der Waals surface area contributed by atoms with E-state index in [2.05, 4.69) is 42.2 Å². The predicted octanol–water partition coefficient (Wildman–Crippen LogP) is 4.14. The fraction of sp³-hybridized carbons (Fsp3) is 0.278. The molecular weight excluding hydrogens is 278 g/mol. The summed E-state index contributed by atoms with van der Waals surface area (Å²) < 4.78 is 1.19. The van der Waals surface area contributed by atoms with Crippen LogP contribution in [0.5, 0.6) is 0 Å². The second-order valence-electron chi connectivity index (χ2n) is 5.46. The van der Waals surface area contributed by atoms with Crippen molar-refractivity contribution in [1.82, 2.24) is 4.98 Å². The Hall–Kier alpha value is -1.71. The molecule has 3 heteroatoms. The molecule has 108 valence electrons. The number of thiazole rings is 1. The van der Waals surface area contributed by atoms with E-state index < -0.39 is 0 Å². The molecule has 0 fully saturated rings. The molecule has 2 nitrogen and oxygen atoms in total. The zero-order chi connectivity index (χ0) is 14.7.